The van der Waals surface area contributed by atoms with Crippen LogP contribution in [0.1, 0.15) is 34.3 Å². The molecule has 164 valence electrons. The number of aliphatic hydroxyl groups is 1. The summed E-state index contributed by atoms with van der Waals surface area (Å²) < 4.78 is 29.0. The summed E-state index contributed by atoms with van der Waals surface area (Å²) in [5.74, 6) is 2.20. The summed E-state index contributed by atoms with van der Waals surface area (Å²) in [5, 5.41) is 10.6. The summed E-state index contributed by atoms with van der Waals surface area (Å²) in [4.78, 5) is 13.6. The normalized spacial score (nSPS) is 28.0. The van der Waals surface area contributed by atoms with Crippen molar-refractivity contribution in [1.29, 1.82) is 0 Å². The van der Waals surface area contributed by atoms with Crippen molar-refractivity contribution >= 4 is 17.4 Å². The van der Waals surface area contributed by atoms with Crippen LogP contribution in [0.25, 0.3) is 0 Å². The molecular formula is C23H23ClO7. The summed E-state index contributed by atoms with van der Waals surface area (Å²) in [6.45, 7) is 1.98. The van der Waals surface area contributed by atoms with E-state index >= 15 is 0 Å². The minimum Gasteiger partial charge on any atom is -0.493 e. The van der Waals surface area contributed by atoms with E-state index in [0.717, 1.165) is 0 Å². The van der Waals surface area contributed by atoms with Gasteiger partial charge in [0.1, 0.15) is 35.6 Å². The number of methoxy groups -OCH3 is 2. The quantitative estimate of drug-likeness (QED) is 0.725. The van der Waals surface area contributed by atoms with Gasteiger partial charge in [-0.05, 0) is 25.1 Å². The molecule has 3 aliphatic rings. The summed E-state index contributed by atoms with van der Waals surface area (Å²) in [5.41, 5.74) is 0.950. The molecule has 0 bridgehead atoms. The van der Waals surface area contributed by atoms with Gasteiger partial charge in [0.2, 0.25) is 0 Å². The molecule has 2 aromatic rings. The van der Waals surface area contributed by atoms with Crippen LogP contribution in [0.4, 0.5) is 0 Å². The van der Waals surface area contributed by atoms with E-state index in [4.69, 9.17) is 35.3 Å². The molecule has 4 atom stereocenters. The van der Waals surface area contributed by atoms with Crippen LogP contribution < -0.4 is 23.7 Å². The molecule has 0 saturated carbocycles. The largest absolute Gasteiger partial charge is 0.493 e. The fraction of sp³-hybridized carbons (Fsp3) is 0.435. The number of ketones is 1. The SMILES string of the molecule is COc1cc2c(cc1OC)[C@@H]1C(=O)c3ccc4c(c3O[C@@H]1CO2)C[C@H](O)[C@](C)(CCl)O4. The van der Waals surface area contributed by atoms with Gasteiger partial charge in [-0.3, -0.25) is 4.79 Å². The first-order valence-corrected chi connectivity index (χ1v) is 10.6. The summed E-state index contributed by atoms with van der Waals surface area (Å²) in [6.07, 6.45) is -1.04. The maximum atomic E-state index is 13.6. The van der Waals surface area contributed by atoms with Crippen LogP contribution >= 0.6 is 11.6 Å². The average molecular weight is 447 g/mol. The third-order valence-corrected chi connectivity index (χ3v) is 6.90. The van der Waals surface area contributed by atoms with E-state index in [1.165, 1.54) is 0 Å². The molecule has 5 rings (SSSR count). The highest BCUT2D eigenvalue weighted by atomic mass is 35.5. The average Bonchev–Trinajstić information content (AvgIpc) is 2.78. The van der Waals surface area contributed by atoms with Crippen LogP contribution in [-0.2, 0) is 6.42 Å². The molecule has 8 heteroatoms. The Hall–Kier alpha value is -2.64. The van der Waals surface area contributed by atoms with E-state index in [1.54, 1.807) is 45.4 Å². The zero-order valence-corrected chi connectivity index (χ0v) is 18.2. The van der Waals surface area contributed by atoms with Crippen LogP contribution in [-0.4, -0.2) is 55.4 Å². The van der Waals surface area contributed by atoms with Gasteiger partial charge < -0.3 is 28.8 Å². The summed E-state index contributed by atoms with van der Waals surface area (Å²) in [7, 11) is 3.10. The topological polar surface area (TPSA) is 83.5 Å². The number of Topliss-reactive ketones (excluding diaryl/α,β-unsaturated/α-hetero) is 1. The molecule has 0 aromatic heterocycles. The van der Waals surface area contributed by atoms with Gasteiger partial charge in [0.25, 0.3) is 0 Å². The number of alkyl halides is 1. The van der Waals surface area contributed by atoms with Crippen LogP contribution in [0.15, 0.2) is 24.3 Å². The number of aliphatic hydroxyl groups excluding tert-OH is 1. The fourth-order valence-electron chi connectivity index (χ4n) is 4.52. The number of ether oxygens (including phenoxy) is 5. The number of carbonyl (C=O) groups excluding carboxylic acids is 1. The lowest BCUT2D eigenvalue weighted by Gasteiger charge is -2.42. The Bertz CT molecular complexity index is 1070. The van der Waals surface area contributed by atoms with Crippen molar-refractivity contribution in [2.24, 2.45) is 0 Å². The fourth-order valence-corrected chi connectivity index (χ4v) is 4.75. The van der Waals surface area contributed by atoms with Crippen molar-refractivity contribution in [3.63, 3.8) is 0 Å². The standard InChI is InChI=1S/C23H23ClO7/c1-23(10-24)19(25)7-13-14(31-23)5-4-11-21(26)20-12-6-16(27-2)17(28-3)8-15(12)29-9-18(20)30-22(11)13/h4-6,8,18-20,25H,7,9-10H2,1-3H3/t18-,19+,20+,23+/m1/s1. The van der Waals surface area contributed by atoms with Crippen molar-refractivity contribution < 1.29 is 33.6 Å². The van der Waals surface area contributed by atoms with Gasteiger partial charge in [0.15, 0.2) is 17.3 Å². The molecule has 7 nitrogen and oxygen atoms in total. The zero-order chi connectivity index (χ0) is 21.9. The first kappa shape index (κ1) is 20.3. The molecule has 0 fully saturated rings. The third-order valence-electron chi connectivity index (χ3n) is 6.37. The number of benzene rings is 2. The Morgan fingerprint density at radius 1 is 1.19 bits per heavy atom. The second-order valence-electron chi connectivity index (χ2n) is 8.24. The number of hydrogen-bond donors (Lipinski definition) is 1. The minimum absolute atomic E-state index is 0.0639. The maximum absolute atomic E-state index is 13.6. The number of hydrogen-bond acceptors (Lipinski definition) is 7. The van der Waals surface area contributed by atoms with Crippen molar-refractivity contribution in [1.82, 2.24) is 0 Å². The minimum atomic E-state index is -0.896. The lowest BCUT2D eigenvalue weighted by molar-refractivity contribution is -0.0401. The molecule has 0 radical (unpaired) electrons. The first-order valence-electron chi connectivity index (χ1n) is 10.1. The van der Waals surface area contributed by atoms with Crippen molar-refractivity contribution in [2.75, 3.05) is 26.7 Å². The number of halogens is 1. The van der Waals surface area contributed by atoms with Gasteiger partial charge in [-0.1, -0.05) is 0 Å². The molecule has 0 aliphatic carbocycles. The van der Waals surface area contributed by atoms with Crippen LogP contribution in [0.2, 0.25) is 0 Å². The molecular weight excluding hydrogens is 424 g/mol. The van der Waals surface area contributed by atoms with Gasteiger partial charge in [-0.15, -0.1) is 11.6 Å². The van der Waals surface area contributed by atoms with Crippen molar-refractivity contribution in [2.45, 2.75) is 37.1 Å². The first-order chi connectivity index (χ1) is 14.9. The lowest BCUT2D eigenvalue weighted by atomic mass is 9.80. The van der Waals surface area contributed by atoms with Crippen LogP contribution in [0.5, 0.6) is 28.7 Å². The third kappa shape index (κ3) is 2.94. The van der Waals surface area contributed by atoms with E-state index in [-0.39, 0.29) is 24.7 Å². The van der Waals surface area contributed by atoms with E-state index in [9.17, 15) is 9.90 Å². The number of rotatable bonds is 3. The highest BCUT2D eigenvalue weighted by Crippen LogP contribution is 2.50. The molecule has 3 heterocycles. The van der Waals surface area contributed by atoms with E-state index in [2.05, 4.69) is 0 Å². The summed E-state index contributed by atoms with van der Waals surface area (Å²) >= 11 is 6.03. The van der Waals surface area contributed by atoms with Gasteiger partial charge in [0, 0.05) is 23.6 Å². The smallest absolute Gasteiger partial charge is 0.178 e. The monoisotopic (exact) mass is 446 g/mol. The van der Waals surface area contributed by atoms with E-state index in [0.29, 0.717) is 45.4 Å². The molecule has 0 saturated heterocycles. The van der Waals surface area contributed by atoms with E-state index in [1.807, 2.05) is 0 Å². The van der Waals surface area contributed by atoms with Crippen molar-refractivity contribution in [3.8, 4) is 28.7 Å². The number of fused-ring (bicyclic) bond motifs is 6. The van der Waals surface area contributed by atoms with Crippen LogP contribution in [0, 0.1) is 0 Å². The van der Waals surface area contributed by atoms with Gasteiger partial charge in [-0.2, -0.15) is 0 Å². The Morgan fingerprint density at radius 2 is 1.94 bits per heavy atom. The summed E-state index contributed by atoms with van der Waals surface area (Å²) in [6, 6.07) is 6.97. The van der Waals surface area contributed by atoms with Gasteiger partial charge >= 0.3 is 0 Å². The molecule has 31 heavy (non-hydrogen) atoms. The molecule has 0 amide bonds. The van der Waals surface area contributed by atoms with Gasteiger partial charge in [0.05, 0.1) is 37.7 Å². The Balaban J connectivity index is 1.58. The Kier molecular flexibility index (Phi) is 4.71. The highest BCUT2D eigenvalue weighted by molar-refractivity contribution is 6.18. The maximum Gasteiger partial charge on any atom is 0.178 e. The van der Waals surface area contributed by atoms with Gasteiger partial charge in [-0.25, -0.2) is 0 Å². The predicted molar refractivity (Wildman–Crippen MR) is 112 cm³/mol. The molecule has 1 N–H and O–H groups in total. The van der Waals surface area contributed by atoms with Crippen molar-refractivity contribution in [3.05, 3.63) is 41.0 Å². The zero-order valence-electron chi connectivity index (χ0n) is 17.4. The van der Waals surface area contributed by atoms with E-state index < -0.39 is 23.7 Å². The molecule has 3 aliphatic heterocycles. The molecule has 2 aromatic carbocycles. The Labute approximate surface area is 184 Å². The number of carbonyl (C=O) groups is 1. The molecule has 0 spiro atoms. The van der Waals surface area contributed by atoms with Crippen LogP contribution in [0.3, 0.4) is 0 Å². The predicted octanol–water partition coefficient (Wildman–Crippen LogP) is 3.12. The Morgan fingerprint density at radius 3 is 2.65 bits per heavy atom. The lowest BCUT2D eigenvalue weighted by Crippen LogP contribution is -2.51. The highest BCUT2D eigenvalue weighted by Gasteiger charge is 2.47. The second-order valence-corrected chi connectivity index (χ2v) is 8.51. The second kappa shape index (κ2) is 7.21. The molecule has 0 unspecified atom stereocenters.